The second-order valence-electron chi connectivity index (χ2n) is 5.37. The molecule has 1 fully saturated rings. The first-order chi connectivity index (χ1) is 9.91. The first-order valence-corrected chi connectivity index (χ1v) is 8.62. The van der Waals surface area contributed by atoms with Crippen molar-refractivity contribution in [3.63, 3.8) is 0 Å². The molecule has 0 bridgehead atoms. The van der Waals surface area contributed by atoms with E-state index in [2.05, 4.69) is 5.10 Å². The Morgan fingerprint density at radius 2 is 2.14 bits per heavy atom. The quantitative estimate of drug-likeness (QED) is 0.813. The van der Waals surface area contributed by atoms with Crippen molar-refractivity contribution in [2.24, 2.45) is 5.73 Å². The summed E-state index contributed by atoms with van der Waals surface area (Å²) in [6.45, 7) is 5.64. The highest BCUT2D eigenvalue weighted by molar-refractivity contribution is 7.89. The molecule has 1 saturated heterocycles. The van der Waals surface area contributed by atoms with Gasteiger partial charge in [-0.3, -0.25) is 4.68 Å². The lowest BCUT2D eigenvalue weighted by Gasteiger charge is -2.16. The first-order valence-electron chi connectivity index (χ1n) is 7.18. The topological polar surface area (TPSA) is 90.5 Å². The summed E-state index contributed by atoms with van der Waals surface area (Å²) in [7, 11) is -1.90. The molecule has 1 aromatic heterocycles. The number of hydrogen-bond donors (Lipinski definition) is 1. The van der Waals surface area contributed by atoms with E-state index >= 15 is 0 Å². The van der Waals surface area contributed by atoms with Gasteiger partial charge >= 0.3 is 0 Å². The van der Waals surface area contributed by atoms with E-state index in [4.69, 9.17) is 10.5 Å². The molecule has 1 unspecified atom stereocenters. The van der Waals surface area contributed by atoms with Gasteiger partial charge in [0.05, 0.1) is 17.5 Å². The zero-order valence-corrected chi connectivity index (χ0v) is 13.7. The summed E-state index contributed by atoms with van der Waals surface area (Å²) in [5, 5.41) is 4.35. The van der Waals surface area contributed by atoms with Crippen molar-refractivity contribution in [3.8, 4) is 0 Å². The third kappa shape index (κ3) is 3.13. The van der Waals surface area contributed by atoms with Crippen LogP contribution in [0.25, 0.3) is 0 Å². The van der Waals surface area contributed by atoms with E-state index in [0.29, 0.717) is 42.5 Å². The van der Waals surface area contributed by atoms with Gasteiger partial charge in [0, 0.05) is 26.7 Å². The predicted octanol–water partition coefficient (Wildman–Crippen LogP) is 0.258. The average Bonchev–Trinajstić information content (AvgIpc) is 3.02. The minimum atomic E-state index is -3.51. The van der Waals surface area contributed by atoms with Crippen molar-refractivity contribution in [1.29, 1.82) is 0 Å². The summed E-state index contributed by atoms with van der Waals surface area (Å²) in [4.78, 5) is 0.330. The number of ether oxygens (including phenoxy) is 1. The Kier molecular flexibility index (Phi) is 5.03. The number of nitrogens with two attached hydrogens (primary N) is 1. The van der Waals surface area contributed by atoms with Crippen LogP contribution in [-0.4, -0.2) is 55.4 Å². The molecule has 7 nitrogen and oxygen atoms in total. The molecule has 1 aliphatic heterocycles. The van der Waals surface area contributed by atoms with Gasteiger partial charge in [-0.2, -0.15) is 9.40 Å². The van der Waals surface area contributed by atoms with Gasteiger partial charge in [-0.15, -0.1) is 0 Å². The Bertz CT molecular complexity index is 597. The average molecular weight is 316 g/mol. The number of aromatic nitrogens is 2. The Labute approximate surface area is 126 Å². The summed E-state index contributed by atoms with van der Waals surface area (Å²) in [5.74, 6) is 0. The van der Waals surface area contributed by atoms with Gasteiger partial charge in [-0.1, -0.05) is 0 Å². The van der Waals surface area contributed by atoms with Crippen LogP contribution >= 0.6 is 0 Å². The molecule has 0 aromatic carbocycles. The molecule has 2 rings (SSSR count). The molecule has 0 aliphatic carbocycles. The largest absolute Gasteiger partial charge is 0.380 e. The molecule has 120 valence electrons. The lowest BCUT2D eigenvalue weighted by Crippen LogP contribution is -2.30. The van der Waals surface area contributed by atoms with Crippen LogP contribution in [0, 0.1) is 13.8 Å². The maximum absolute atomic E-state index is 12.8. The van der Waals surface area contributed by atoms with Crippen LogP contribution in [0.4, 0.5) is 0 Å². The maximum atomic E-state index is 12.8. The van der Waals surface area contributed by atoms with Gasteiger partial charge in [-0.05, 0) is 33.2 Å². The third-order valence-electron chi connectivity index (χ3n) is 3.93. The van der Waals surface area contributed by atoms with Crippen LogP contribution in [0.2, 0.25) is 0 Å². The van der Waals surface area contributed by atoms with Gasteiger partial charge in [0.2, 0.25) is 10.0 Å². The van der Waals surface area contributed by atoms with Crippen molar-refractivity contribution in [2.75, 3.05) is 26.7 Å². The molecule has 1 aliphatic rings. The van der Waals surface area contributed by atoms with E-state index in [1.807, 2.05) is 0 Å². The second kappa shape index (κ2) is 6.43. The predicted molar refractivity (Wildman–Crippen MR) is 79.5 cm³/mol. The zero-order chi connectivity index (χ0) is 15.6. The molecule has 1 aromatic rings. The van der Waals surface area contributed by atoms with Crippen LogP contribution in [0.1, 0.15) is 24.2 Å². The molecule has 0 radical (unpaired) electrons. The number of aryl methyl sites for hydroxylation is 2. The summed E-state index contributed by atoms with van der Waals surface area (Å²) in [5.41, 5.74) is 6.73. The van der Waals surface area contributed by atoms with Crippen molar-refractivity contribution in [2.45, 2.75) is 44.2 Å². The number of rotatable bonds is 6. The third-order valence-corrected chi connectivity index (χ3v) is 6.05. The van der Waals surface area contributed by atoms with Gasteiger partial charge in [0.25, 0.3) is 0 Å². The molecule has 2 heterocycles. The Balaban J connectivity index is 2.30. The highest BCUT2D eigenvalue weighted by atomic mass is 32.2. The highest BCUT2D eigenvalue weighted by Gasteiger charge is 2.36. The molecule has 1 atom stereocenters. The monoisotopic (exact) mass is 316 g/mol. The summed E-state index contributed by atoms with van der Waals surface area (Å²) in [6.07, 6.45) is 1.49. The van der Waals surface area contributed by atoms with E-state index in [1.54, 1.807) is 25.6 Å². The number of sulfonamides is 1. The fourth-order valence-corrected chi connectivity index (χ4v) is 4.61. The zero-order valence-electron chi connectivity index (χ0n) is 12.9. The molecular formula is C13H24N4O3S. The number of nitrogens with zero attached hydrogens (tertiary/aromatic N) is 3. The standard InChI is InChI=1S/C13H24N4O3S/c1-10-13(11(2)17(15-10)7-4-6-14)21(18,19)16-8-5-12(9-16)20-3/h12H,4-9,14H2,1-3H3. The fraction of sp³-hybridized carbons (Fsp3) is 0.769. The molecule has 0 spiro atoms. The lowest BCUT2D eigenvalue weighted by atomic mass is 10.3. The summed E-state index contributed by atoms with van der Waals surface area (Å²) >= 11 is 0. The number of hydrogen-bond acceptors (Lipinski definition) is 5. The van der Waals surface area contributed by atoms with Crippen LogP contribution in [0.5, 0.6) is 0 Å². The van der Waals surface area contributed by atoms with E-state index in [9.17, 15) is 8.42 Å². The van der Waals surface area contributed by atoms with Crippen molar-refractivity contribution < 1.29 is 13.2 Å². The molecule has 21 heavy (non-hydrogen) atoms. The number of methoxy groups -OCH3 is 1. The SMILES string of the molecule is COC1CCN(S(=O)(=O)c2c(C)nn(CCCN)c2C)C1. The van der Waals surface area contributed by atoms with Crippen molar-refractivity contribution in [1.82, 2.24) is 14.1 Å². The van der Waals surface area contributed by atoms with Crippen molar-refractivity contribution >= 4 is 10.0 Å². The molecule has 2 N–H and O–H groups in total. The molecule has 0 amide bonds. The summed E-state index contributed by atoms with van der Waals surface area (Å²) in [6, 6.07) is 0. The van der Waals surface area contributed by atoms with E-state index in [1.165, 1.54) is 4.31 Å². The van der Waals surface area contributed by atoms with E-state index in [-0.39, 0.29) is 6.10 Å². The van der Waals surface area contributed by atoms with Crippen LogP contribution in [0.3, 0.4) is 0 Å². The highest BCUT2D eigenvalue weighted by Crippen LogP contribution is 2.27. The minimum absolute atomic E-state index is 0.0207. The fourth-order valence-electron chi connectivity index (χ4n) is 2.75. The molecule has 0 saturated carbocycles. The lowest BCUT2D eigenvalue weighted by molar-refractivity contribution is 0.115. The first kappa shape index (κ1) is 16.4. The van der Waals surface area contributed by atoms with Gasteiger partial charge in [0.15, 0.2) is 0 Å². The van der Waals surface area contributed by atoms with Gasteiger partial charge < -0.3 is 10.5 Å². The van der Waals surface area contributed by atoms with E-state index < -0.39 is 10.0 Å². The Morgan fingerprint density at radius 1 is 1.43 bits per heavy atom. The normalized spacial score (nSPS) is 20.3. The van der Waals surface area contributed by atoms with E-state index in [0.717, 1.165) is 12.8 Å². The minimum Gasteiger partial charge on any atom is -0.380 e. The van der Waals surface area contributed by atoms with Gasteiger partial charge in [-0.25, -0.2) is 8.42 Å². The van der Waals surface area contributed by atoms with Crippen LogP contribution in [-0.2, 0) is 21.3 Å². The molecule has 8 heteroatoms. The smallest absolute Gasteiger partial charge is 0.246 e. The van der Waals surface area contributed by atoms with Crippen molar-refractivity contribution in [3.05, 3.63) is 11.4 Å². The van der Waals surface area contributed by atoms with Gasteiger partial charge in [0.1, 0.15) is 4.90 Å². The molecular weight excluding hydrogens is 292 g/mol. The Hall–Kier alpha value is -0.960. The summed E-state index contributed by atoms with van der Waals surface area (Å²) < 4.78 is 34.1. The van der Waals surface area contributed by atoms with Crippen LogP contribution < -0.4 is 5.73 Å². The Morgan fingerprint density at radius 3 is 2.71 bits per heavy atom. The van der Waals surface area contributed by atoms with Crippen LogP contribution in [0.15, 0.2) is 4.90 Å². The maximum Gasteiger partial charge on any atom is 0.246 e. The second-order valence-corrected chi connectivity index (χ2v) is 7.25.